The maximum absolute atomic E-state index is 11.6. The molecule has 2 unspecified atom stereocenters. The Morgan fingerprint density at radius 3 is 2.94 bits per heavy atom. The minimum Gasteiger partial charge on any atom is -0.481 e. The molecule has 1 aliphatic carbocycles. The molecule has 0 amide bonds. The highest BCUT2D eigenvalue weighted by Crippen LogP contribution is 2.43. The van der Waals surface area contributed by atoms with Gasteiger partial charge in [-0.15, -0.1) is 11.3 Å². The number of aliphatic carboxylic acids is 1. The Balaban J connectivity index is 2.19. The van der Waals surface area contributed by atoms with Gasteiger partial charge in [-0.25, -0.2) is 0 Å². The maximum Gasteiger partial charge on any atom is 0.310 e. The van der Waals surface area contributed by atoms with E-state index in [-0.39, 0.29) is 0 Å². The smallest absolute Gasteiger partial charge is 0.310 e. The molecule has 0 radical (unpaired) electrons. The molecule has 1 heterocycles. The molecule has 2 atom stereocenters. The molecule has 0 spiro atoms. The summed E-state index contributed by atoms with van der Waals surface area (Å²) < 4.78 is 0.740. The maximum atomic E-state index is 11.6. The van der Waals surface area contributed by atoms with Gasteiger partial charge in [0.05, 0.1) is 9.75 Å². The molecular weight excluding hydrogens is 256 g/mol. The zero-order chi connectivity index (χ0) is 12.5. The van der Waals surface area contributed by atoms with Crippen LogP contribution in [0.3, 0.4) is 0 Å². The summed E-state index contributed by atoms with van der Waals surface area (Å²) >= 11 is 7.40. The summed E-state index contributed by atoms with van der Waals surface area (Å²) in [4.78, 5) is 12.7. The number of hydrogen-bond donors (Lipinski definition) is 1. The Kier molecular flexibility index (Phi) is 3.79. The van der Waals surface area contributed by atoms with Gasteiger partial charge in [0.1, 0.15) is 0 Å². The number of halogens is 1. The molecule has 1 aliphatic rings. The summed E-state index contributed by atoms with van der Waals surface area (Å²) in [7, 11) is 0. The Labute approximate surface area is 111 Å². The lowest BCUT2D eigenvalue weighted by molar-refractivity contribution is -0.152. The van der Waals surface area contributed by atoms with Gasteiger partial charge < -0.3 is 5.11 Å². The second-order valence-electron chi connectivity index (χ2n) is 5.17. The monoisotopic (exact) mass is 272 g/mol. The van der Waals surface area contributed by atoms with Gasteiger partial charge >= 0.3 is 5.97 Å². The van der Waals surface area contributed by atoms with Crippen molar-refractivity contribution in [3.8, 4) is 0 Å². The zero-order valence-corrected chi connectivity index (χ0v) is 11.5. The van der Waals surface area contributed by atoms with E-state index in [2.05, 4.69) is 6.92 Å². The Morgan fingerprint density at radius 1 is 1.65 bits per heavy atom. The molecule has 1 aromatic heterocycles. The van der Waals surface area contributed by atoms with Crippen LogP contribution in [0.15, 0.2) is 12.1 Å². The molecule has 1 fully saturated rings. The van der Waals surface area contributed by atoms with Gasteiger partial charge in [-0.3, -0.25) is 4.79 Å². The standard InChI is InChI=1S/C13H17ClO2S/c1-9-3-2-6-13(7-9,12(15)16)8-10-4-5-11(14)17-10/h4-5,9H,2-3,6-8H2,1H3,(H,15,16). The fraction of sp³-hybridized carbons (Fsp3) is 0.615. The topological polar surface area (TPSA) is 37.3 Å². The molecule has 2 nitrogen and oxygen atoms in total. The number of thiophene rings is 1. The van der Waals surface area contributed by atoms with Crippen molar-refractivity contribution >= 4 is 28.9 Å². The molecule has 0 bridgehead atoms. The molecule has 17 heavy (non-hydrogen) atoms. The van der Waals surface area contributed by atoms with Crippen LogP contribution in [0.4, 0.5) is 0 Å². The normalized spacial score (nSPS) is 29.2. The van der Waals surface area contributed by atoms with Crippen molar-refractivity contribution in [2.45, 2.75) is 39.0 Å². The van der Waals surface area contributed by atoms with Gasteiger partial charge in [0.2, 0.25) is 0 Å². The van der Waals surface area contributed by atoms with Crippen molar-refractivity contribution in [2.24, 2.45) is 11.3 Å². The van der Waals surface area contributed by atoms with E-state index in [1.165, 1.54) is 11.3 Å². The first-order chi connectivity index (χ1) is 8.02. The Bertz CT molecular complexity index is 415. The Hall–Kier alpha value is -0.540. The van der Waals surface area contributed by atoms with E-state index >= 15 is 0 Å². The second-order valence-corrected chi connectivity index (χ2v) is 6.97. The quantitative estimate of drug-likeness (QED) is 0.894. The van der Waals surface area contributed by atoms with Crippen LogP contribution in [0.25, 0.3) is 0 Å². The van der Waals surface area contributed by atoms with E-state index in [1.807, 2.05) is 12.1 Å². The van der Waals surface area contributed by atoms with Gasteiger partial charge in [0.15, 0.2) is 0 Å². The third-order valence-electron chi connectivity index (χ3n) is 3.69. The summed E-state index contributed by atoms with van der Waals surface area (Å²) in [5.41, 5.74) is -0.564. The summed E-state index contributed by atoms with van der Waals surface area (Å²) in [5, 5.41) is 9.55. The van der Waals surface area contributed by atoms with Gasteiger partial charge in [-0.05, 0) is 37.3 Å². The lowest BCUT2D eigenvalue weighted by Crippen LogP contribution is -2.37. The fourth-order valence-electron chi connectivity index (χ4n) is 2.87. The second kappa shape index (κ2) is 4.99. The van der Waals surface area contributed by atoms with E-state index in [0.717, 1.165) is 34.9 Å². The predicted octanol–water partition coefficient (Wildman–Crippen LogP) is 4.23. The highest BCUT2D eigenvalue weighted by molar-refractivity contribution is 7.16. The first-order valence-electron chi connectivity index (χ1n) is 5.99. The number of carboxylic acid groups (broad SMARTS) is 1. The molecule has 2 rings (SSSR count). The van der Waals surface area contributed by atoms with Gasteiger partial charge in [0, 0.05) is 4.88 Å². The Morgan fingerprint density at radius 2 is 2.41 bits per heavy atom. The highest BCUT2D eigenvalue weighted by Gasteiger charge is 2.42. The van der Waals surface area contributed by atoms with E-state index < -0.39 is 11.4 Å². The van der Waals surface area contributed by atoms with Crippen LogP contribution < -0.4 is 0 Å². The summed E-state index contributed by atoms with van der Waals surface area (Å²) in [6.45, 7) is 2.15. The number of hydrogen-bond acceptors (Lipinski definition) is 2. The molecule has 0 saturated heterocycles. The van der Waals surface area contributed by atoms with Crippen LogP contribution in [-0.4, -0.2) is 11.1 Å². The molecule has 94 valence electrons. The lowest BCUT2D eigenvalue weighted by Gasteiger charge is -2.36. The number of rotatable bonds is 3. The largest absolute Gasteiger partial charge is 0.481 e. The van der Waals surface area contributed by atoms with Crippen molar-refractivity contribution in [1.82, 2.24) is 0 Å². The molecule has 0 aliphatic heterocycles. The third kappa shape index (κ3) is 2.83. The van der Waals surface area contributed by atoms with Crippen LogP contribution in [0.1, 0.15) is 37.5 Å². The molecule has 1 saturated carbocycles. The molecule has 0 aromatic carbocycles. The molecule has 1 N–H and O–H groups in total. The van der Waals surface area contributed by atoms with E-state index in [1.54, 1.807) is 0 Å². The molecule has 4 heteroatoms. The van der Waals surface area contributed by atoms with E-state index in [9.17, 15) is 9.90 Å². The average molecular weight is 273 g/mol. The average Bonchev–Trinajstić information content (AvgIpc) is 2.63. The number of carboxylic acids is 1. The molecular formula is C13H17ClO2S. The summed E-state index contributed by atoms with van der Waals surface area (Å²) in [5.74, 6) is -0.135. The van der Waals surface area contributed by atoms with Crippen LogP contribution >= 0.6 is 22.9 Å². The predicted molar refractivity (Wildman–Crippen MR) is 70.7 cm³/mol. The SMILES string of the molecule is CC1CCCC(Cc2ccc(Cl)s2)(C(=O)O)C1. The van der Waals surface area contributed by atoms with Crippen LogP contribution in [-0.2, 0) is 11.2 Å². The summed E-state index contributed by atoms with van der Waals surface area (Å²) in [6, 6.07) is 3.81. The van der Waals surface area contributed by atoms with Crippen molar-refractivity contribution < 1.29 is 9.90 Å². The van der Waals surface area contributed by atoms with Crippen molar-refractivity contribution in [2.75, 3.05) is 0 Å². The summed E-state index contributed by atoms with van der Waals surface area (Å²) in [6.07, 6.45) is 4.39. The van der Waals surface area contributed by atoms with Crippen LogP contribution in [0, 0.1) is 11.3 Å². The first kappa shape index (κ1) is 12.9. The highest BCUT2D eigenvalue weighted by atomic mass is 35.5. The first-order valence-corrected chi connectivity index (χ1v) is 7.19. The van der Waals surface area contributed by atoms with Gasteiger partial charge in [-0.2, -0.15) is 0 Å². The van der Waals surface area contributed by atoms with Crippen LogP contribution in [0.2, 0.25) is 4.34 Å². The molecule has 1 aromatic rings. The van der Waals surface area contributed by atoms with Crippen molar-refractivity contribution in [1.29, 1.82) is 0 Å². The van der Waals surface area contributed by atoms with Crippen molar-refractivity contribution in [3.05, 3.63) is 21.3 Å². The van der Waals surface area contributed by atoms with Gasteiger partial charge in [0.25, 0.3) is 0 Å². The van der Waals surface area contributed by atoms with E-state index in [4.69, 9.17) is 11.6 Å². The van der Waals surface area contributed by atoms with Crippen LogP contribution in [0.5, 0.6) is 0 Å². The lowest BCUT2D eigenvalue weighted by atomic mass is 9.68. The van der Waals surface area contributed by atoms with Crippen molar-refractivity contribution in [3.63, 3.8) is 0 Å². The third-order valence-corrected chi connectivity index (χ3v) is 4.92. The van der Waals surface area contributed by atoms with E-state index in [0.29, 0.717) is 12.3 Å². The number of carbonyl (C=O) groups is 1. The minimum atomic E-state index is -0.645. The fourth-order valence-corrected chi connectivity index (χ4v) is 4.10. The zero-order valence-electron chi connectivity index (χ0n) is 9.91. The van der Waals surface area contributed by atoms with Gasteiger partial charge in [-0.1, -0.05) is 31.4 Å². The minimum absolute atomic E-state index is 0.510.